The maximum atomic E-state index is 13.1. The summed E-state index contributed by atoms with van der Waals surface area (Å²) in [5.74, 6) is 1.55. The van der Waals surface area contributed by atoms with E-state index in [0.29, 0.717) is 24.4 Å². The van der Waals surface area contributed by atoms with Crippen molar-refractivity contribution in [1.29, 1.82) is 0 Å². The van der Waals surface area contributed by atoms with Gasteiger partial charge in [0.2, 0.25) is 0 Å². The summed E-state index contributed by atoms with van der Waals surface area (Å²) in [7, 11) is 1.63. The fourth-order valence-electron chi connectivity index (χ4n) is 4.75. The van der Waals surface area contributed by atoms with Crippen molar-refractivity contribution in [3.63, 3.8) is 0 Å². The van der Waals surface area contributed by atoms with Gasteiger partial charge in [0, 0.05) is 31.6 Å². The topological polar surface area (TPSA) is 64.4 Å². The van der Waals surface area contributed by atoms with Crippen molar-refractivity contribution in [1.82, 2.24) is 9.80 Å². The number of aryl methyl sites for hydroxylation is 1. The molecule has 0 unspecified atom stereocenters. The second-order valence-corrected chi connectivity index (χ2v) is 8.67. The molecule has 0 amide bonds. The van der Waals surface area contributed by atoms with Crippen molar-refractivity contribution in [3.05, 3.63) is 57.9 Å². The van der Waals surface area contributed by atoms with Crippen molar-refractivity contribution < 1.29 is 18.6 Å². The minimum absolute atomic E-state index is 0.331. The largest absolute Gasteiger partial charge is 0.497 e. The number of benzene rings is 2. The quantitative estimate of drug-likeness (QED) is 0.531. The van der Waals surface area contributed by atoms with Crippen LogP contribution in [0.1, 0.15) is 17.5 Å². The van der Waals surface area contributed by atoms with Crippen LogP contribution in [0.15, 0.2) is 45.6 Å². The molecule has 5 rings (SSSR count). The van der Waals surface area contributed by atoms with Crippen molar-refractivity contribution in [2.24, 2.45) is 0 Å². The van der Waals surface area contributed by atoms with Gasteiger partial charge in [0.1, 0.15) is 23.8 Å². The van der Waals surface area contributed by atoms with Crippen LogP contribution < -0.4 is 15.1 Å². The molecule has 0 N–H and O–H groups in total. The second kappa shape index (κ2) is 9.55. The van der Waals surface area contributed by atoms with Gasteiger partial charge in [-0.15, -0.1) is 0 Å². The molecule has 3 aromatic rings. The molecule has 1 aromatic heterocycles. The third-order valence-electron chi connectivity index (χ3n) is 6.61. The molecule has 7 heteroatoms. The summed E-state index contributed by atoms with van der Waals surface area (Å²) in [5.41, 5.74) is 3.57. The Morgan fingerprint density at radius 3 is 2.52 bits per heavy atom. The minimum atomic E-state index is -0.331. The standard InChI is InChI=1S/C26H30N2O5/c1-18-21-8-9-23-22(16-28(17-32-23)11-3-10-27-12-14-31-15-13-27)25(21)33-26(29)24(18)19-4-6-20(30-2)7-5-19/h4-9H,3,10-17H2,1-2H3. The lowest BCUT2D eigenvalue weighted by atomic mass is 9.97. The maximum absolute atomic E-state index is 13.1. The fraction of sp³-hybridized carbons (Fsp3) is 0.423. The fourth-order valence-corrected chi connectivity index (χ4v) is 4.75. The first-order valence-electron chi connectivity index (χ1n) is 11.5. The molecule has 2 aliphatic rings. The van der Waals surface area contributed by atoms with Gasteiger partial charge in [0.25, 0.3) is 0 Å². The number of hydrogen-bond acceptors (Lipinski definition) is 7. The number of fused-ring (bicyclic) bond motifs is 3. The SMILES string of the molecule is COc1ccc(-c2c(C)c3ccc4c(c3oc2=O)CN(CCCN2CCOCC2)CO4)cc1. The smallest absolute Gasteiger partial charge is 0.344 e. The average Bonchev–Trinajstić information content (AvgIpc) is 2.85. The third-order valence-corrected chi connectivity index (χ3v) is 6.61. The average molecular weight is 451 g/mol. The van der Waals surface area contributed by atoms with Gasteiger partial charge in [0.15, 0.2) is 0 Å². The molecule has 33 heavy (non-hydrogen) atoms. The number of nitrogens with zero attached hydrogens (tertiary/aromatic N) is 2. The predicted octanol–water partition coefficient (Wildman–Crippen LogP) is 3.65. The minimum Gasteiger partial charge on any atom is -0.497 e. The van der Waals surface area contributed by atoms with Crippen molar-refractivity contribution in [3.8, 4) is 22.6 Å². The summed E-state index contributed by atoms with van der Waals surface area (Å²) >= 11 is 0. The van der Waals surface area contributed by atoms with Crippen LogP contribution >= 0.6 is 0 Å². The monoisotopic (exact) mass is 450 g/mol. The first-order chi connectivity index (χ1) is 16.1. The Morgan fingerprint density at radius 2 is 1.76 bits per heavy atom. The zero-order valence-electron chi connectivity index (χ0n) is 19.3. The van der Waals surface area contributed by atoms with Gasteiger partial charge in [-0.05, 0) is 55.3 Å². The van der Waals surface area contributed by atoms with Crippen molar-refractivity contribution in [2.45, 2.75) is 19.9 Å². The van der Waals surface area contributed by atoms with E-state index < -0.39 is 0 Å². The first kappa shape index (κ1) is 21.9. The van der Waals surface area contributed by atoms with E-state index in [1.54, 1.807) is 7.11 Å². The van der Waals surface area contributed by atoms with Gasteiger partial charge in [0.05, 0.1) is 31.5 Å². The first-order valence-corrected chi connectivity index (χ1v) is 11.5. The third kappa shape index (κ3) is 4.49. The van der Waals surface area contributed by atoms with Gasteiger partial charge in [-0.25, -0.2) is 4.79 Å². The Bertz CT molecular complexity index is 1180. The molecule has 1 fully saturated rings. The van der Waals surface area contributed by atoms with Crippen LogP contribution in [0, 0.1) is 6.92 Å². The molecule has 0 saturated carbocycles. The summed E-state index contributed by atoms with van der Waals surface area (Å²) < 4.78 is 22.6. The van der Waals surface area contributed by atoms with E-state index in [1.165, 1.54) is 0 Å². The molecule has 3 heterocycles. The van der Waals surface area contributed by atoms with Gasteiger partial charge < -0.3 is 18.6 Å². The Morgan fingerprint density at radius 1 is 1.00 bits per heavy atom. The van der Waals surface area contributed by atoms with E-state index in [1.807, 2.05) is 43.3 Å². The van der Waals surface area contributed by atoms with Crippen LogP contribution in [0.3, 0.4) is 0 Å². The van der Waals surface area contributed by atoms with Crippen LogP contribution in [-0.2, 0) is 11.3 Å². The molecule has 0 bridgehead atoms. The lowest BCUT2D eigenvalue weighted by Crippen LogP contribution is -2.39. The summed E-state index contributed by atoms with van der Waals surface area (Å²) in [6, 6.07) is 11.5. The van der Waals surface area contributed by atoms with Gasteiger partial charge in [-0.2, -0.15) is 0 Å². The molecule has 0 atom stereocenters. The summed E-state index contributed by atoms with van der Waals surface area (Å²) in [6.07, 6.45) is 1.06. The van der Waals surface area contributed by atoms with E-state index in [-0.39, 0.29) is 5.63 Å². The Hall–Kier alpha value is -2.87. The highest BCUT2D eigenvalue weighted by molar-refractivity contribution is 5.90. The van der Waals surface area contributed by atoms with Crippen LogP contribution in [0.5, 0.6) is 11.5 Å². The molecular formula is C26H30N2O5. The molecule has 0 radical (unpaired) electrons. The maximum Gasteiger partial charge on any atom is 0.344 e. The van der Waals surface area contributed by atoms with Crippen LogP contribution in [0.4, 0.5) is 0 Å². The number of morpholine rings is 1. The highest BCUT2D eigenvalue weighted by Crippen LogP contribution is 2.35. The van der Waals surface area contributed by atoms with E-state index in [4.69, 9.17) is 18.6 Å². The Labute approximate surface area is 193 Å². The molecule has 174 valence electrons. The summed E-state index contributed by atoms with van der Waals surface area (Å²) in [5, 5.41) is 0.943. The lowest BCUT2D eigenvalue weighted by Gasteiger charge is -2.31. The molecule has 2 aromatic carbocycles. The van der Waals surface area contributed by atoms with Gasteiger partial charge in [-0.1, -0.05) is 12.1 Å². The number of rotatable bonds is 6. The summed E-state index contributed by atoms with van der Waals surface area (Å²) in [6.45, 7) is 8.88. The van der Waals surface area contributed by atoms with Crippen LogP contribution in [0.25, 0.3) is 22.1 Å². The highest BCUT2D eigenvalue weighted by atomic mass is 16.5. The number of ether oxygens (including phenoxy) is 3. The second-order valence-electron chi connectivity index (χ2n) is 8.67. The predicted molar refractivity (Wildman–Crippen MR) is 127 cm³/mol. The van der Waals surface area contributed by atoms with Gasteiger partial charge in [-0.3, -0.25) is 9.80 Å². The molecule has 1 saturated heterocycles. The van der Waals surface area contributed by atoms with Crippen molar-refractivity contribution >= 4 is 11.0 Å². The molecule has 0 spiro atoms. The Balaban J connectivity index is 1.39. The zero-order chi connectivity index (χ0) is 22.8. The lowest BCUT2D eigenvalue weighted by molar-refractivity contribution is 0.0330. The van der Waals surface area contributed by atoms with E-state index in [2.05, 4.69) is 9.80 Å². The molecule has 0 aliphatic carbocycles. The number of methoxy groups -OCH3 is 1. The Kier molecular flexibility index (Phi) is 6.35. The molecular weight excluding hydrogens is 420 g/mol. The van der Waals surface area contributed by atoms with E-state index in [0.717, 1.165) is 79.4 Å². The van der Waals surface area contributed by atoms with E-state index in [9.17, 15) is 4.79 Å². The molecule has 2 aliphatic heterocycles. The van der Waals surface area contributed by atoms with Crippen LogP contribution in [-0.4, -0.2) is 63.0 Å². The van der Waals surface area contributed by atoms with Crippen LogP contribution in [0.2, 0.25) is 0 Å². The molecule has 7 nitrogen and oxygen atoms in total. The summed E-state index contributed by atoms with van der Waals surface area (Å²) in [4.78, 5) is 17.8. The van der Waals surface area contributed by atoms with E-state index >= 15 is 0 Å². The highest BCUT2D eigenvalue weighted by Gasteiger charge is 2.24. The van der Waals surface area contributed by atoms with Crippen molar-refractivity contribution in [2.75, 3.05) is 53.2 Å². The zero-order valence-corrected chi connectivity index (χ0v) is 19.3. The normalized spacial score (nSPS) is 17.0. The number of hydrogen-bond donors (Lipinski definition) is 0. The van der Waals surface area contributed by atoms with Gasteiger partial charge >= 0.3 is 5.63 Å².